The second-order valence-corrected chi connectivity index (χ2v) is 2.89. The number of hydrazine groups is 1. The van der Waals surface area contributed by atoms with E-state index in [0.29, 0.717) is 6.67 Å². The van der Waals surface area contributed by atoms with Gasteiger partial charge in [0.15, 0.2) is 5.17 Å². The predicted octanol–water partition coefficient (Wildman–Crippen LogP) is -0.789. The highest BCUT2D eigenvalue weighted by Gasteiger charge is 2.27. The summed E-state index contributed by atoms with van der Waals surface area (Å²) in [5.41, 5.74) is 5.59. The molecule has 2 aliphatic heterocycles. The number of amidine groups is 1. The molecule has 0 fully saturated rings. The number of nitrogens with two attached hydrogens (primary N) is 2. The summed E-state index contributed by atoms with van der Waals surface area (Å²) < 4.78 is 0. The van der Waals surface area contributed by atoms with Crippen LogP contribution in [0.1, 0.15) is 0 Å². The minimum absolute atomic E-state index is 0.560. The van der Waals surface area contributed by atoms with E-state index in [2.05, 4.69) is 5.10 Å². The van der Waals surface area contributed by atoms with E-state index in [4.69, 9.17) is 11.6 Å². The van der Waals surface area contributed by atoms with Crippen molar-refractivity contribution in [3.8, 4) is 0 Å². The van der Waals surface area contributed by atoms with Crippen LogP contribution in [0.25, 0.3) is 0 Å². The third-order valence-electron chi connectivity index (χ3n) is 1.33. The number of rotatable bonds is 0. The van der Waals surface area contributed by atoms with Crippen molar-refractivity contribution in [3.05, 3.63) is 11.2 Å². The van der Waals surface area contributed by atoms with Crippen LogP contribution in [0.2, 0.25) is 0 Å². The van der Waals surface area contributed by atoms with Gasteiger partial charge < -0.3 is 5.73 Å². The fraction of sp³-hybridized carbons (Fsp3) is 0.250. The maximum Gasteiger partial charge on any atom is 0.196 e. The Morgan fingerprint density at radius 1 is 1.70 bits per heavy atom. The molecule has 5 nitrogen and oxygen atoms in total. The first-order chi connectivity index (χ1) is 4.77. The van der Waals surface area contributed by atoms with Crippen molar-refractivity contribution in [3.63, 3.8) is 0 Å². The van der Waals surface area contributed by atoms with E-state index in [1.165, 1.54) is 16.9 Å². The molecule has 0 aromatic heterocycles. The quantitative estimate of drug-likeness (QED) is 0.451. The van der Waals surface area contributed by atoms with Crippen LogP contribution in [0.4, 0.5) is 0 Å². The summed E-state index contributed by atoms with van der Waals surface area (Å²) in [6.45, 7) is 0.560. The molecule has 0 aromatic rings. The average Bonchev–Trinajstić information content (AvgIpc) is 2.35. The van der Waals surface area contributed by atoms with Crippen LogP contribution in [0.5, 0.6) is 0 Å². The van der Waals surface area contributed by atoms with Gasteiger partial charge in [-0.2, -0.15) is 0 Å². The van der Waals surface area contributed by atoms with Gasteiger partial charge in [0.05, 0.1) is 0 Å². The maximum atomic E-state index is 5.59. The van der Waals surface area contributed by atoms with Gasteiger partial charge >= 0.3 is 0 Å². The number of hydrogen-bond donors (Lipinski definition) is 2. The third kappa shape index (κ3) is 0.659. The zero-order valence-electron chi connectivity index (χ0n) is 5.19. The number of thioether (sulfide) groups is 1. The van der Waals surface area contributed by atoms with Crippen LogP contribution >= 0.6 is 11.8 Å². The molecule has 2 heterocycles. The number of hydrogen-bond acceptors (Lipinski definition) is 6. The standard InChI is InChI=1S/C4H7N5S/c5-3-1-10-4-7-9(6)2-8(3)4/h1H,2,5-6H2. The summed E-state index contributed by atoms with van der Waals surface area (Å²) in [6, 6.07) is 0. The SMILES string of the molecule is NC1=CSC2=NN(N)CN12. The van der Waals surface area contributed by atoms with Crippen LogP contribution in [-0.2, 0) is 0 Å². The van der Waals surface area contributed by atoms with Gasteiger partial charge in [0.2, 0.25) is 0 Å². The average molecular weight is 157 g/mol. The van der Waals surface area contributed by atoms with E-state index in [1.807, 2.05) is 10.3 Å². The highest BCUT2D eigenvalue weighted by molar-refractivity contribution is 8.16. The minimum Gasteiger partial charge on any atom is -0.385 e. The zero-order chi connectivity index (χ0) is 7.14. The fourth-order valence-corrected chi connectivity index (χ4v) is 1.65. The van der Waals surface area contributed by atoms with Crippen molar-refractivity contribution in [2.45, 2.75) is 0 Å². The van der Waals surface area contributed by atoms with E-state index in [1.54, 1.807) is 0 Å². The molecule has 0 aromatic carbocycles. The van der Waals surface area contributed by atoms with Gasteiger partial charge in [-0.3, -0.25) is 4.90 Å². The summed E-state index contributed by atoms with van der Waals surface area (Å²) >= 11 is 1.49. The molecule has 2 aliphatic rings. The van der Waals surface area contributed by atoms with Gasteiger partial charge in [-0.05, 0) is 0 Å². The van der Waals surface area contributed by atoms with Crippen molar-refractivity contribution in [1.82, 2.24) is 10.0 Å². The molecule has 2 rings (SSSR count). The molecule has 0 spiro atoms. The molecular formula is C4H7N5S. The monoisotopic (exact) mass is 157 g/mol. The second-order valence-electron chi connectivity index (χ2n) is 2.05. The Morgan fingerprint density at radius 3 is 3.20 bits per heavy atom. The molecule has 4 N–H and O–H groups in total. The summed E-state index contributed by atoms with van der Waals surface area (Å²) in [7, 11) is 0. The lowest BCUT2D eigenvalue weighted by atomic mass is 10.7. The maximum absolute atomic E-state index is 5.59. The number of nitrogens with zero attached hydrogens (tertiary/aromatic N) is 3. The zero-order valence-corrected chi connectivity index (χ0v) is 6.01. The van der Waals surface area contributed by atoms with Crippen molar-refractivity contribution >= 4 is 16.9 Å². The Labute approximate surface area is 62.3 Å². The van der Waals surface area contributed by atoms with Gasteiger partial charge in [0, 0.05) is 5.41 Å². The topological polar surface area (TPSA) is 70.9 Å². The summed E-state index contributed by atoms with van der Waals surface area (Å²) in [6.07, 6.45) is 0. The number of hydrazone groups is 1. The molecule has 0 saturated heterocycles. The molecule has 0 radical (unpaired) electrons. The first-order valence-electron chi connectivity index (χ1n) is 2.78. The largest absolute Gasteiger partial charge is 0.385 e. The van der Waals surface area contributed by atoms with E-state index >= 15 is 0 Å². The van der Waals surface area contributed by atoms with Crippen LogP contribution in [0.15, 0.2) is 16.3 Å². The van der Waals surface area contributed by atoms with Crippen molar-refractivity contribution in [2.75, 3.05) is 6.67 Å². The van der Waals surface area contributed by atoms with Crippen molar-refractivity contribution < 1.29 is 0 Å². The molecule has 0 saturated carbocycles. The normalized spacial score (nSPS) is 22.9. The molecular weight excluding hydrogens is 150 g/mol. The van der Waals surface area contributed by atoms with Crippen molar-refractivity contribution in [1.29, 1.82) is 0 Å². The fourth-order valence-electron chi connectivity index (χ4n) is 0.857. The van der Waals surface area contributed by atoms with Gasteiger partial charge in [0.1, 0.15) is 12.5 Å². The predicted molar refractivity (Wildman–Crippen MR) is 40.0 cm³/mol. The van der Waals surface area contributed by atoms with E-state index in [0.717, 1.165) is 11.0 Å². The molecule has 0 bridgehead atoms. The van der Waals surface area contributed by atoms with Crippen LogP contribution < -0.4 is 11.6 Å². The Hall–Kier alpha value is -0.880. The van der Waals surface area contributed by atoms with E-state index in [9.17, 15) is 0 Å². The Kier molecular flexibility index (Phi) is 1.06. The highest BCUT2D eigenvalue weighted by Crippen LogP contribution is 2.26. The van der Waals surface area contributed by atoms with Crippen LogP contribution in [-0.4, -0.2) is 21.9 Å². The second kappa shape index (κ2) is 1.80. The van der Waals surface area contributed by atoms with Gasteiger partial charge in [0.25, 0.3) is 0 Å². The molecule has 0 atom stereocenters. The summed E-state index contributed by atoms with van der Waals surface area (Å²) in [5, 5.41) is 8.06. The lowest BCUT2D eigenvalue weighted by Crippen LogP contribution is -2.32. The highest BCUT2D eigenvalue weighted by atomic mass is 32.2. The third-order valence-corrected chi connectivity index (χ3v) is 2.20. The van der Waals surface area contributed by atoms with Gasteiger partial charge in [-0.15, -0.1) is 5.10 Å². The van der Waals surface area contributed by atoms with E-state index < -0.39 is 0 Å². The molecule has 0 aliphatic carbocycles. The molecule has 10 heavy (non-hydrogen) atoms. The molecule has 0 amide bonds. The van der Waals surface area contributed by atoms with Crippen LogP contribution in [0, 0.1) is 0 Å². The van der Waals surface area contributed by atoms with Gasteiger partial charge in [-0.25, -0.2) is 11.0 Å². The minimum atomic E-state index is 0.560. The summed E-state index contributed by atoms with van der Waals surface area (Å²) in [4.78, 5) is 1.85. The molecule has 6 heteroatoms. The summed E-state index contributed by atoms with van der Waals surface area (Å²) in [5.74, 6) is 6.11. The molecule has 54 valence electrons. The Balaban J connectivity index is 2.25. The lowest BCUT2D eigenvalue weighted by molar-refractivity contribution is 0.263. The number of fused-ring (bicyclic) bond motifs is 1. The first kappa shape index (κ1) is 5.87. The van der Waals surface area contributed by atoms with E-state index in [-0.39, 0.29) is 0 Å². The van der Waals surface area contributed by atoms with Crippen molar-refractivity contribution in [2.24, 2.45) is 16.7 Å². The van der Waals surface area contributed by atoms with Gasteiger partial charge in [-0.1, -0.05) is 11.8 Å². The smallest absolute Gasteiger partial charge is 0.196 e. The Morgan fingerprint density at radius 2 is 2.50 bits per heavy atom. The Bertz CT molecular complexity index is 222. The molecule has 0 unspecified atom stereocenters. The van der Waals surface area contributed by atoms with Crippen LogP contribution in [0.3, 0.4) is 0 Å². The first-order valence-corrected chi connectivity index (χ1v) is 3.66. The lowest BCUT2D eigenvalue weighted by Gasteiger charge is -2.12.